The molecule has 0 radical (unpaired) electrons. The van der Waals surface area contributed by atoms with Gasteiger partial charge in [-0.25, -0.2) is 14.8 Å². The Morgan fingerprint density at radius 1 is 1.30 bits per heavy atom. The minimum Gasteiger partial charge on any atom is -0.465 e. The normalized spacial score (nSPS) is 17.9. The van der Waals surface area contributed by atoms with Gasteiger partial charge in [-0.1, -0.05) is 0 Å². The van der Waals surface area contributed by atoms with Crippen LogP contribution in [0.25, 0.3) is 0 Å². The van der Waals surface area contributed by atoms with E-state index in [2.05, 4.69) is 9.97 Å². The summed E-state index contributed by atoms with van der Waals surface area (Å²) in [6, 6.07) is -0.224. The Hall–Kier alpha value is -3.11. The van der Waals surface area contributed by atoms with E-state index in [9.17, 15) is 27.9 Å². The zero-order chi connectivity index (χ0) is 19.8. The fraction of sp³-hybridized carbons (Fsp3) is 0.375. The van der Waals surface area contributed by atoms with Crippen LogP contribution in [-0.2, 0) is 6.18 Å². The molecule has 8 nitrogen and oxygen atoms in total. The number of halogens is 3. The largest absolute Gasteiger partial charge is 0.465 e. The van der Waals surface area contributed by atoms with Gasteiger partial charge in [-0.15, -0.1) is 0 Å². The highest BCUT2D eigenvalue weighted by Crippen LogP contribution is 2.31. The Balaban J connectivity index is 1.97. The number of pyridine rings is 1. The number of rotatable bonds is 2. The number of hydrogen-bond acceptors (Lipinski definition) is 5. The van der Waals surface area contributed by atoms with Crippen LogP contribution in [-0.4, -0.2) is 50.7 Å². The molecule has 2 aromatic rings. The van der Waals surface area contributed by atoms with Crippen molar-refractivity contribution >= 4 is 12.0 Å². The molecule has 3 rings (SSSR count). The van der Waals surface area contributed by atoms with Crippen LogP contribution < -0.4 is 10.5 Å². The van der Waals surface area contributed by atoms with Crippen molar-refractivity contribution in [3.63, 3.8) is 0 Å². The number of alkyl halides is 3. The lowest BCUT2D eigenvalue weighted by Gasteiger charge is -2.40. The van der Waals surface area contributed by atoms with Crippen LogP contribution in [0.2, 0.25) is 0 Å². The highest BCUT2D eigenvalue weighted by Gasteiger charge is 2.37. The van der Waals surface area contributed by atoms with Gasteiger partial charge < -0.3 is 15.0 Å². The summed E-state index contributed by atoms with van der Waals surface area (Å²) < 4.78 is 39.2. The van der Waals surface area contributed by atoms with Crippen molar-refractivity contribution < 1.29 is 23.1 Å². The summed E-state index contributed by atoms with van der Waals surface area (Å²) in [6.45, 7) is 2.21. The molecule has 2 aromatic heterocycles. The van der Waals surface area contributed by atoms with Crippen LogP contribution in [0.5, 0.6) is 0 Å². The molecule has 3 heterocycles. The highest BCUT2D eigenvalue weighted by atomic mass is 19.4. The lowest BCUT2D eigenvalue weighted by atomic mass is 10.0. The summed E-state index contributed by atoms with van der Waals surface area (Å²) in [5.41, 5.74) is -1.76. The SMILES string of the molecule is Cc1cnc(N2CCN(C(=O)O)C(c3c[nH]c(=O)c(C(F)(F)F)c3)C2)nc1. The zero-order valence-corrected chi connectivity index (χ0v) is 14.2. The lowest BCUT2D eigenvalue weighted by Crippen LogP contribution is -2.51. The van der Waals surface area contributed by atoms with Crippen LogP contribution in [0.3, 0.4) is 0 Å². The number of aromatic amines is 1. The molecule has 11 heteroatoms. The molecule has 2 N–H and O–H groups in total. The molecule has 0 aliphatic carbocycles. The molecule has 144 valence electrons. The second-order valence-electron chi connectivity index (χ2n) is 6.17. The second kappa shape index (κ2) is 6.89. The van der Waals surface area contributed by atoms with E-state index in [1.165, 1.54) is 0 Å². The molecule has 0 aromatic carbocycles. The number of carboxylic acid groups (broad SMARTS) is 1. The molecule has 1 saturated heterocycles. The van der Waals surface area contributed by atoms with Crippen LogP contribution in [0.4, 0.5) is 23.9 Å². The summed E-state index contributed by atoms with van der Waals surface area (Å²) in [5, 5.41) is 9.43. The van der Waals surface area contributed by atoms with Gasteiger partial charge in [-0.2, -0.15) is 13.2 Å². The number of anilines is 1. The zero-order valence-electron chi connectivity index (χ0n) is 14.2. The number of hydrogen-bond donors (Lipinski definition) is 2. The molecule has 0 bridgehead atoms. The van der Waals surface area contributed by atoms with E-state index in [0.29, 0.717) is 18.6 Å². The lowest BCUT2D eigenvalue weighted by molar-refractivity contribution is -0.138. The van der Waals surface area contributed by atoms with Crippen molar-refractivity contribution in [2.24, 2.45) is 0 Å². The predicted molar refractivity (Wildman–Crippen MR) is 88.5 cm³/mol. The summed E-state index contributed by atoms with van der Waals surface area (Å²) in [7, 11) is 0. The van der Waals surface area contributed by atoms with E-state index < -0.39 is 29.4 Å². The van der Waals surface area contributed by atoms with E-state index in [-0.39, 0.29) is 18.7 Å². The van der Waals surface area contributed by atoms with E-state index in [1.807, 2.05) is 11.9 Å². The van der Waals surface area contributed by atoms with E-state index in [0.717, 1.165) is 16.7 Å². The van der Waals surface area contributed by atoms with Crippen molar-refractivity contribution in [1.82, 2.24) is 19.9 Å². The fourth-order valence-electron chi connectivity index (χ4n) is 2.93. The standard InChI is InChI=1S/C16H16F3N5O3/c1-9-5-21-14(22-6-9)23-2-3-24(15(26)27)12(8-23)10-4-11(16(17,18)19)13(25)20-7-10/h4-7,12H,2-3,8H2,1H3,(H,20,25)(H,26,27). The number of nitrogens with zero attached hydrogens (tertiary/aromatic N) is 4. The summed E-state index contributed by atoms with van der Waals surface area (Å²) in [5.74, 6) is 0.358. The Morgan fingerprint density at radius 2 is 1.96 bits per heavy atom. The summed E-state index contributed by atoms with van der Waals surface area (Å²) in [6.07, 6.45) is -1.79. The third-order valence-electron chi connectivity index (χ3n) is 4.29. The van der Waals surface area contributed by atoms with Gasteiger partial charge in [-0.3, -0.25) is 9.69 Å². The monoisotopic (exact) mass is 383 g/mol. The van der Waals surface area contributed by atoms with Gasteiger partial charge in [0.15, 0.2) is 0 Å². The highest BCUT2D eigenvalue weighted by molar-refractivity contribution is 5.66. The van der Waals surface area contributed by atoms with Crippen LogP contribution in [0.15, 0.2) is 29.5 Å². The molecule has 1 amide bonds. The van der Waals surface area contributed by atoms with Crippen molar-refractivity contribution in [3.05, 3.63) is 51.7 Å². The van der Waals surface area contributed by atoms with E-state index in [1.54, 1.807) is 17.3 Å². The minimum atomic E-state index is -4.84. The van der Waals surface area contributed by atoms with Crippen LogP contribution in [0.1, 0.15) is 22.7 Å². The van der Waals surface area contributed by atoms with Crippen LogP contribution >= 0.6 is 0 Å². The van der Waals surface area contributed by atoms with Gasteiger partial charge in [0.05, 0.1) is 6.04 Å². The van der Waals surface area contributed by atoms with Crippen molar-refractivity contribution in [2.75, 3.05) is 24.5 Å². The number of aromatic nitrogens is 3. The van der Waals surface area contributed by atoms with Crippen LogP contribution in [0, 0.1) is 6.92 Å². The molecule has 1 atom stereocenters. The van der Waals surface area contributed by atoms with Gasteiger partial charge in [0.1, 0.15) is 5.56 Å². The molecule has 1 fully saturated rings. The maximum absolute atomic E-state index is 13.1. The molecule has 1 aliphatic rings. The maximum Gasteiger partial charge on any atom is 0.421 e. The molecule has 0 saturated carbocycles. The molecule has 27 heavy (non-hydrogen) atoms. The van der Waals surface area contributed by atoms with Gasteiger partial charge in [0, 0.05) is 38.2 Å². The summed E-state index contributed by atoms with van der Waals surface area (Å²) >= 11 is 0. The summed E-state index contributed by atoms with van der Waals surface area (Å²) in [4.78, 5) is 36.2. The van der Waals surface area contributed by atoms with Gasteiger partial charge in [0.25, 0.3) is 5.56 Å². The Morgan fingerprint density at radius 3 is 2.56 bits per heavy atom. The van der Waals surface area contributed by atoms with Gasteiger partial charge in [-0.05, 0) is 24.1 Å². The molecule has 1 unspecified atom stereocenters. The molecule has 0 spiro atoms. The average Bonchev–Trinajstić information content (AvgIpc) is 2.61. The van der Waals surface area contributed by atoms with Crippen molar-refractivity contribution in [3.8, 4) is 0 Å². The number of H-pyrrole nitrogens is 1. The topological polar surface area (TPSA) is 102 Å². The number of nitrogens with one attached hydrogen (secondary N) is 1. The third kappa shape index (κ3) is 3.86. The fourth-order valence-corrected chi connectivity index (χ4v) is 2.93. The Bertz CT molecular complexity index is 897. The molecular formula is C16H16F3N5O3. The number of aryl methyl sites for hydroxylation is 1. The average molecular weight is 383 g/mol. The first kappa shape index (κ1) is 18.7. The Kier molecular flexibility index (Phi) is 4.77. The first-order valence-corrected chi connectivity index (χ1v) is 8.00. The molecule has 1 aliphatic heterocycles. The van der Waals surface area contributed by atoms with Gasteiger partial charge >= 0.3 is 12.3 Å². The number of piperazine rings is 1. The minimum absolute atomic E-state index is 0.0427. The predicted octanol–water partition coefficient (Wildman–Crippen LogP) is 2.03. The van der Waals surface area contributed by atoms with Crippen molar-refractivity contribution in [1.29, 1.82) is 0 Å². The smallest absolute Gasteiger partial charge is 0.421 e. The van der Waals surface area contributed by atoms with E-state index >= 15 is 0 Å². The first-order chi connectivity index (χ1) is 12.7. The third-order valence-corrected chi connectivity index (χ3v) is 4.29. The maximum atomic E-state index is 13.1. The Labute approximate surface area is 151 Å². The quantitative estimate of drug-likeness (QED) is 0.823. The number of amides is 1. The second-order valence-corrected chi connectivity index (χ2v) is 6.17. The number of carbonyl (C=O) groups is 1. The van der Waals surface area contributed by atoms with E-state index in [4.69, 9.17) is 0 Å². The van der Waals surface area contributed by atoms with Crippen molar-refractivity contribution in [2.45, 2.75) is 19.1 Å². The molecular weight excluding hydrogens is 367 g/mol. The van der Waals surface area contributed by atoms with Gasteiger partial charge in [0.2, 0.25) is 5.95 Å². The first-order valence-electron chi connectivity index (χ1n) is 8.00.